The summed E-state index contributed by atoms with van der Waals surface area (Å²) in [5.74, 6) is -1.26. The largest absolute Gasteiger partial charge is 0.451 e. The number of ether oxygens (including phenoxy) is 1. The van der Waals surface area contributed by atoms with Crippen molar-refractivity contribution in [1.29, 1.82) is 0 Å². The van der Waals surface area contributed by atoms with Gasteiger partial charge in [-0.2, -0.15) is 5.10 Å². The lowest BCUT2D eigenvalue weighted by molar-refractivity contribution is -0.135. The van der Waals surface area contributed by atoms with Gasteiger partial charge in [0.2, 0.25) is 11.1 Å². The minimum atomic E-state index is -0.922. The number of aromatic nitrogens is 2. The maximum absolute atomic E-state index is 12.5. The number of hydrogen-bond donors (Lipinski definition) is 0. The third kappa shape index (κ3) is 5.00. The van der Waals surface area contributed by atoms with Gasteiger partial charge in [-0.3, -0.25) is 9.59 Å². The predicted octanol–water partition coefficient (Wildman–Crippen LogP) is 2.75. The smallest absolute Gasteiger partial charge is 0.363 e. The molecular weight excluding hydrogens is 382 g/mol. The number of likely N-dealkylation sites (N-methyl/N-ethyl adjacent to an activating group) is 1. The van der Waals surface area contributed by atoms with Gasteiger partial charge in [0.1, 0.15) is 0 Å². The van der Waals surface area contributed by atoms with E-state index in [0.717, 1.165) is 5.56 Å². The lowest BCUT2D eigenvalue weighted by atomic mass is 10.2. The van der Waals surface area contributed by atoms with Crippen molar-refractivity contribution in [3.05, 3.63) is 93.9 Å². The average molecular weight is 405 g/mol. The Hall–Kier alpha value is -3.74. The highest BCUT2D eigenvalue weighted by Crippen LogP contribution is 2.09. The van der Waals surface area contributed by atoms with Crippen LogP contribution in [0.2, 0.25) is 0 Å². The summed E-state index contributed by atoms with van der Waals surface area (Å²) in [5.41, 5.74) is 1.36. The van der Waals surface area contributed by atoms with Crippen molar-refractivity contribution < 1.29 is 14.3 Å². The molecule has 2 aromatic carbocycles. The van der Waals surface area contributed by atoms with E-state index in [1.807, 2.05) is 67.6 Å². The molecule has 0 aliphatic rings. The number of benzene rings is 2. The fourth-order valence-corrected chi connectivity index (χ4v) is 2.99. The molecule has 0 aliphatic heterocycles. The van der Waals surface area contributed by atoms with Gasteiger partial charge in [-0.05, 0) is 31.5 Å². The van der Waals surface area contributed by atoms with E-state index < -0.39 is 18.0 Å². The van der Waals surface area contributed by atoms with Gasteiger partial charge in [-0.1, -0.05) is 48.5 Å². The molecule has 0 atom stereocenters. The van der Waals surface area contributed by atoms with E-state index in [-0.39, 0.29) is 11.6 Å². The van der Waals surface area contributed by atoms with Crippen molar-refractivity contribution in [3.63, 3.8) is 0 Å². The zero-order valence-electron chi connectivity index (χ0n) is 16.9. The van der Waals surface area contributed by atoms with Crippen molar-refractivity contribution in [2.75, 3.05) is 13.2 Å². The second kappa shape index (κ2) is 9.65. The van der Waals surface area contributed by atoms with Crippen LogP contribution in [0.4, 0.5) is 0 Å². The third-order valence-electron chi connectivity index (χ3n) is 4.58. The number of hydrogen-bond acceptors (Lipinski definition) is 5. The lowest BCUT2D eigenvalue weighted by Crippen LogP contribution is -2.35. The first-order valence-electron chi connectivity index (χ1n) is 9.64. The van der Waals surface area contributed by atoms with E-state index in [2.05, 4.69) is 5.10 Å². The maximum atomic E-state index is 12.5. The second-order valence-corrected chi connectivity index (χ2v) is 6.72. The first-order valence-corrected chi connectivity index (χ1v) is 9.64. The highest BCUT2D eigenvalue weighted by atomic mass is 16.5. The Bertz CT molecular complexity index is 1080. The molecule has 0 aliphatic carbocycles. The normalized spacial score (nSPS) is 10.5. The van der Waals surface area contributed by atoms with Crippen LogP contribution < -0.4 is 5.43 Å². The monoisotopic (exact) mass is 405 g/mol. The molecule has 3 rings (SSSR count). The Labute approximate surface area is 174 Å². The van der Waals surface area contributed by atoms with Gasteiger partial charge in [0, 0.05) is 24.8 Å². The number of carbonyl (C=O) groups excluding carboxylic acids is 2. The van der Waals surface area contributed by atoms with Gasteiger partial charge in [-0.15, -0.1) is 0 Å². The molecule has 1 aromatic heterocycles. The minimum Gasteiger partial charge on any atom is -0.451 e. The highest BCUT2D eigenvalue weighted by molar-refractivity contribution is 5.89. The van der Waals surface area contributed by atoms with Gasteiger partial charge in [0.15, 0.2) is 6.61 Å². The van der Waals surface area contributed by atoms with Crippen LogP contribution in [-0.2, 0) is 16.1 Å². The molecule has 154 valence electrons. The van der Waals surface area contributed by atoms with Gasteiger partial charge < -0.3 is 9.64 Å². The Morgan fingerprint density at radius 3 is 2.30 bits per heavy atom. The van der Waals surface area contributed by atoms with Crippen LogP contribution >= 0.6 is 0 Å². The van der Waals surface area contributed by atoms with E-state index >= 15 is 0 Å². The first-order chi connectivity index (χ1) is 14.5. The molecule has 3 aromatic rings. The van der Waals surface area contributed by atoms with Crippen LogP contribution in [0.25, 0.3) is 5.69 Å². The van der Waals surface area contributed by atoms with Crippen LogP contribution in [0, 0.1) is 6.92 Å². The summed E-state index contributed by atoms with van der Waals surface area (Å²) in [6, 6.07) is 20.0. The molecule has 1 heterocycles. The zero-order chi connectivity index (χ0) is 21.5. The lowest BCUT2D eigenvalue weighted by Gasteiger charge is -2.20. The van der Waals surface area contributed by atoms with E-state index in [1.165, 1.54) is 10.7 Å². The Balaban J connectivity index is 1.71. The van der Waals surface area contributed by atoms with Crippen molar-refractivity contribution in [3.8, 4) is 5.69 Å². The average Bonchev–Trinajstić information content (AvgIpc) is 2.77. The van der Waals surface area contributed by atoms with Crippen LogP contribution in [0.1, 0.15) is 28.7 Å². The molecule has 0 spiro atoms. The fraction of sp³-hybridized carbons (Fsp3) is 0.217. The number of aryl methyl sites for hydroxylation is 1. The Morgan fingerprint density at radius 2 is 1.67 bits per heavy atom. The van der Waals surface area contributed by atoms with Crippen molar-refractivity contribution in [1.82, 2.24) is 14.7 Å². The summed E-state index contributed by atoms with van der Waals surface area (Å²) >= 11 is 0. The second-order valence-electron chi connectivity index (χ2n) is 6.72. The molecular formula is C23H23N3O4. The Kier molecular flexibility index (Phi) is 6.75. The van der Waals surface area contributed by atoms with Gasteiger partial charge in [0.05, 0.1) is 5.69 Å². The summed E-state index contributed by atoms with van der Waals surface area (Å²) in [6.07, 6.45) is 0. The summed E-state index contributed by atoms with van der Waals surface area (Å²) in [5, 5.41) is 4.16. The van der Waals surface area contributed by atoms with Gasteiger partial charge >= 0.3 is 5.97 Å². The first kappa shape index (κ1) is 21.0. The van der Waals surface area contributed by atoms with Crippen LogP contribution in [-0.4, -0.2) is 39.7 Å². The fourth-order valence-electron chi connectivity index (χ4n) is 2.99. The molecule has 0 unspecified atom stereocenters. The van der Waals surface area contributed by atoms with E-state index in [4.69, 9.17) is 4.74 Å². The standard InChI is InChI=1S/C23H23N3O4/c1-3-25(15-18-10-6-4-7-11-18)21(28)16-30-23(29)22-20(27)14-17(2)26(24-22)19-12-8-5-9-13-19/h4-14H,3,15-16H2,1-2H3. The van der Waals surface area contributed by atoms with Crippen LogP contribution in [0.5, 0.6) is 0 Å². The topological polar surface area (TPSA) is 81.5 Å². The molecule has 0 radical (unpaired) electrons. The van der Waals surface area contributed by atoms with Crippen molar-refractivity contribution in [2.45, 2.75) is 20.4 Å². The van der Waals surface area contributed by atoms with E-state index in [9.17, 15) is 14.4 Å². The highest BCUT2D eigenvalue weighted by Gasteiger charge is 2.20. The number of amides is 1. The van der Waals surface area contributed by atoms with Crippen LogP contribution in [0.15, 0.2) is 71.5 Å². The molecule has 0 fully saturated rings. The molecule has 0 saturated carbocycles. The van der Waals surface area contributed by atoms with Gasteiger partial charge in [0.25, 0.3) is 5.91 Å². The number of nitrogens with zero attached hydrogens (tertiary/aromatic N) is 3. The summed E-state index contributed by atoms with van der Waals surface area (Å²) in [6.45, 7) is 4.00. The summed E-state index contributed by atoms with van der Waals surface area (Å²) in [4.78, 5) is 38.8. The molecule has 7 nitrogen and oxygen atoms in total. The van der Waals surface area contributed by atoms with E-state index in [1.54, 1.807) is 11.8 Å². The van der Waals surface area contributed by atoms with Gasteiger partial charge in [-0.25, -0.2) is 9.48 Å². The number of para-hydroxylation sites is 1. The third-order valence-corrected chi connectivity index (χ3v) is 4.58. The molecule has 1 amide bonds. The molecule has 7 heteroatoms. The number of esters is 1. The number of carbonyl (C=O) groups is 2. The summed E-state index contributed by atoms with van der Waals surface area (Å²) in [7, 11) is 0. The van der Waals surface area contributed by atoms with Crippen LogP contribution in [0.3, 0.4) is 0 Å². The predicted molar refractivity (Wildman–Crippen MR) is 112 cm³/mol. The van der Waals surface area contributed by atoms with Crippen molar-refractivity contribution >= 4 is 11.9 Å². The molecule has 0 N–H and O–H groups in total. The van der Waals surface area contributed by atoms with E-state index in [0.29, 0.717) is 24.5 Å². The SMILES string of the molecule is CCN(Cc1ccccc1)C(=O)COC(=O)c1nn(-c2ccccc2)c(C)cc1=O. The zero-order valence-corrected chi connectivity index (χ0v) is 16.9. The quantitative estimate of drug-likeness (QED) is 0.565. The summed E-state index contributed by atoms with van der Waals surface area (Å²) < 4.78 is 6.61. The Morgan fingerprint density at radius 1 is 1.03 bits per heavy atom. The van der Waals surface area contributed by atoms with Crippen molar-refractivity contribution in [2.24, 2.45) is 0 Å². The molecule has 0 saturated heterocycles. The molecule has 0 bridgehead atoms. The maximum Gasteiger partial charge on any atom is 0.363 e. The minimum absolute atomic E-state index is 0.342. The number of rotatable bonds is 7. The molecule has 30 heavy (non-hydrogen) atoms.